The summed E-state index contributed by atoms with van der Waals surface area (Å²) in [7, 11) is 1.57. The average Bonchev–Trinajstić information content (AvgIpc) is 2.54. The fourth-order valence-corrected chi connectivity index (χ4v) is 2.08. The van der Waals surface area contributed by atoms with Crippen molar-refractivity contribution in [3.8, 4) is 5.75 Å². The van der Waals surface area contributed by atoms with E-state index in [0.29, 0.717) is 27.9 Å². The first-order valence-electron chi connectivity index (χ1n) is 6.65. The summed E-state index contributed by atoms with van der Waals surface area (Å²) in [6.07, 6.45) is 7.83. The van der Waals surface area contributed by atoms with Crippen LogP contribution in [0.1, 0.15) is 10.4 Å². The number of aromatic nitrogens is 1. The summed E-state index contributed by atoms with van der Waals surface area (Å²) in [5, 5.41) is 3.50. The van der Waals surface area contributed by atoms with Gasteiger partial charge in [0.2, 0.25) is 0 Å². The highest BCUT2D eigenvalue weighted by Gasteiger charge is 2.13. The normalized spacial score (nSPS) is 11.6. The van der Waals surface area contributed by atoms with E-state index in [9.17, 15) is 4.79 Å². The molecule has 1 heterocycles. The molecule has 22 heavy (non-hydrogen) atoms. The lowest BCUT2D eigenvalue weighted by molar-refractivity contribution is 0.0969. The van der Waals surface area contributed by atoms with Gasteiger partial charge in [-0.3, -0.25) is 9.78 Å². The highest BCUT2D eigenvalue weighted by molar-refractivity contribution is 6.08. The maximum atomic E-state index is 12.5. The van der Waals surface area contributed by atoms with Crippen molar-refractivity contribution in [1.82, 2.24) is 10.3 Å². The fraction of sp³-hybridized carbons (Fsp3) is 0.0588. The number of benzene rings is 1. The molecule has 0 bridgehead atoms. The number of carbonyl (C=O) groups is 1. The molecule has 5 heteroatoms. The topological polar surface area (TPSA) is 77.2 Å². The monoisotopic (exact) mass is 295 g/mol. The molecular weight excluding hydrogens is 278 g/mol. The van der Waals surface area contributed by atoms with E-state index in [-0.39, 0.29) is 5.91 Å². The van der Waals surface area contributed by atoms with Gasteiger partial charge in [-0.05, 0) is 36.6 Å². The van der Waals surface area contributed by atoms with E-state index in [4.69, 9.17) is 10.5 Å². The second-order valence-corrected chi connectivity index (χ2v) is 4.39. The lowest BCUT2D eigenvalue weighted by Gasteiger charge is -2.10. The molecule has 2 aromatic rings. The molecule has 1 amide bonds. The Kier molecular flexibility index (Phi) is 4.93. The van der Waals surface area contributed by atoms with Gasteiger partial charge in [-0.1, -0.05) is 18.7 Å². The van der Waals surface area contributed by atoms with Gasteiger partial charge in [0.25, 0.3) is 5.91 Å². The number of methoxy groups -OCH3 is 1. The van der Waals surface area contributed by atoms with Gasteiger partial charge in [0.05, 0.1) is 7.11 Å². The first kappa shape index (κ1) is 15.3. The molecule has 2 rings (SSSR count). The van der Waals surface area contributed by atoms with Gasteiger partial charge in [0.1, 0.15) is 11.3 Å². The number of hydrogen-bond acceptors (Lipinski definition) is 4. The van der Waals surface area contributed by atoms with E-state index in [0.717, 1.165) is 0 Å². The lowest BCUT2D eigenvalue weighted by atomic mass is 10.1. The molecule has 3 N–H and O–H groups in total. The molecule has 0 fully saturated rings. The molecule has 112 valence electrons. The zero-order valence-electron chi connectivity index (χ0n) is 12.2. The summed E-state index contributed by atoms with van der Waals surface area (Å²) in [6, 6.07) is 7.03. The number of rotatable bonds is 5. The van der Waals surface area contributed by atoms with Crippen molar-refractivity contribution < 1.29 is 9.53 Å². The Morgan fingerprint density at radius 2 is 2.23 bits per heavy atom. The molecule has 0 aliphatic heterocycles. The van der Waals surface area contributed by atoms with Crippen LogP contribution in [-0.2, 0) is 0 Å². The zero-order valence-corrected chi connectivity index (χ0v) is 12.2. The van der Waals surface area contributed by atoms with Crippen LogP contribution in [0.3, 0.4) is 0 Å². The van der Waals surface area contributed by atoms with Crippen LogP contribution in [0.25, 0.3) is 10.9 Å². The van der Waals surface area contributed by atoms with Crippen LogP contribution in [-0.4, -0.2) is 18.0 Å². The Morgan fingerprint density at radius 3 is 2.91 bits per heavy atom. The Hall–Kier alpha value is -3.08. The van der Waals surface area contributed by atoms with Crippen molar-refractivity contribution in [2.75, 3.05) is 7.11 Å². The molecule has 0 spiro atoms. The largest absolute Gasteiger partial charge is 0.494 e. The summed E-state index contributed by atoms with van der Waals surface area (Å²) >= 11 is 0. The van der Waals surface area contributed by atoms with Crippen LogP contribution >= 0.6 is 0 Å². The van der Waals surface area contributed by atoms with Gasteiger partial charge in [-0.25, -0.2) is 0 Å². The smallest absolute Gasteiger partial charge is 0.256 e. The summed E-state index contributed by atoms with van der Waals surface area (Å²) in [4.78, 5) is 16.8. The van der Waals surface area contributed by atoms with Crippen molar-refractivity contribution >= 4 is 16.8 Å². The first-order chi connectivity index (χ1) is 10.7. The molecule has 0 aliphatic carbocycles. The second-order valence-electron chi connectivity index (χ2n) is 4.39. The highest BCUT2D eigenvalue weighted by atomic mass is 16.5. The minimum absolute atomic E-state index is 0.258. The lowest BCUT2D eigenvalue weighted by Crippen LogP contribution is -2.22. The molecule has 0 atom stereocenters. The van der Waals surface area contributed by atoms with E-state index < -0.39 is 0 Å². The van der Waals surface area contributed by atoms with Crippen molar-refractivity contribution in [3.63, 3.8) is 0 Å². The predicted octanol–water partition coefficient (Wildman–Crippen LogP) is 2.52. The van der Waals surface area contributed by atoms with Gasteiger partial charge in [0.15, 0.2) is 0 Å². The molecular formula is C17H17N3O2. The summed E-state index contributed by atoms with van der Waals surface area (Å²) in [6.45, 7) is 3.61. The van der Waals surface area contributed by atoms with Gasteiger partial charge >= 0.3 is 0 Å². The van der Waals surface area contributed by atoms with Crippen molar-refractivity contribution in [2.45, 2.75) is 0 Å². The highest BCUT2D eigenvalue weighted by Crippen LogP contribution is 2.26. The molecule has 0 saturated carbocycles. The molecule has 5 nitrogen and oxygen atoms in total. The van der Waals surface area contributed by atoms with Gasteiger partial charge in [-0.15, -0.1) is 0 Å². The van der Waals surface area contributed by atoms with E-state index >= 15 is 0 Å². The molecule has 1 aromatic carbocycles. The van der Waals surface area contributed by atoms with Crippen molar-refractivity contribution in [2.24, 2.45) is 5.73 Å². The zero-order chi connectivity index (χ0) is 15.9. The maximum absolute atomic E-state index is 12.5. The second kappa shape index (κ2) is 7.08. The first-order valence-corrected chi connectivity index (χ1v) is 6.65. The quantitative estimate of drug-likeness (QED) is 0.831. The molecule has 1 aromatic heterocycles. The van der Waals surface area contributed by atoms with E-state index in [1.165, 1.54) is 6.20 Å². The van der Waals surface area contributed by atoms with Crippen LogP contribution in [0.15, 0.2) is 67.2 Å². The van der Waals surface area contributed by atoms with Gasteiger partial charge in [-0.2, -0.15) is 0 Å². The minimum Gasteiger partial charge on any atom is -0.494 e. The molecule has 0 radical (unpaired) electrons. The number of ether oxygens (including phenoxy) is 1. The Morgan fingerprint density at radius 1 is 1.41 bits per heavy atom. The van der Waals surface area contributed by atoms with Crippen LogP contribution in [0.2, 0.25) is 0 Å². The number of amides is 1. The number of carbonyl (C=O) groups excluding carboxylic acids is 1. The van der Waals surface area contributed by atoms with Gasteiger partial charge < -0.3 is 15.8 Å². The van der Waals surface area contributed by atoms with Crippen molar-refractivity contribution in [3.05, 3.63) is 72.7 Å². The van der Waals surface area contributed by atoms with E-state index in [1.807, 2.05) is 6.07 Å². The Bertz CT molecular complexity index is 764. The Labute approximate surface area is 128 Å². The number of pyridine rings is 1. The van der Waals surface area contributed by atoms with Crippen LogP contribution in [0, 0.1) is 0 Å². The Balaban J connectivity index is 2.44. The fourth-order valence-electron chi connectivity index (χ4n) is 2.08. The molecule has 0 unspecified atom stereocenters. The third-order valence-corrected chi connectivity index (χ3v) is 3.03. The van der Waals surface area contributed by atoms with Crippen LogP contribution in [0.4, 0.5) is 0 Å². The van der Waals surface area contributed by atoms with Crippen molar-refractivity contribution in [1.29, 1.82) is 0 Å². The summed E-state index contributed by atoms with van der Waals surface area (Å²) < 4.78 is 5.27. The van der Waals surface area contributed by atoms with Gasteiger partial charge in [0, 0.05) is 22.8 Å². The third kappa shape index (κ3) is 3.15. The maximum Gasteiger partial charge on any atom is 0.256 e. The van der Waals surface area contributed by atoms with E-state index in [1.54, 1.807) is 49.7 Å². The van der Waals surface area contributed by atoms with E-state index in [2.05, 4.69) is 16.9 Å². The third-order valence-electron chi connectivity index (χ3n) is 3.03. The predicted molar refractivity (Wildman–Crippen MR) is 87.4 cm³/mol. The number of hydrogen-bond donors (Lipinski definition) is 2. The molecule has 0 aliphatic rings. The number of allylic oxidation sites excluding steroid dienone is 3. The standard InChI is InChI=1S/C17H17N3O2/c1-3-5-12(9-10-18)20-17(21)14-7-8-15(22-2)16-13(14)6-4-11-19-16/h3-11H,1,18H2,2H3,(H,20,21)/b10-9-,12-5+. The summed E-state index contributed by atoms with van der Waals surface area (Å²) in [5.74, 6) is 0.364. The SMILES string of the molecule is C=C/C=C(\C=C/N)NC(=O)c1ccc(OC)c2ncccc12. The number of nitrogens with one attached hydrogen (secondary N) is 1. The minimum atomic E-state index is -0.258. The number of fused-ring (bicyclic) bond motifs is 1. The molecule has 0 saturated heterocycles. The summed E-state index contributed by atoms with van der Waals surface area (Å²) in [5.41, 5.74) is 7.06. The number of nitrogens with two attached hydrogens (primary N) is 1. The number of nitrogens with zero attached hydrogens (tertiary/aromatic N) is 1. The van der Waals surface area contributed by atoms with Crippen LogP contribution in [0.5, 0.6) is 5.75 Å². The van der Waals surface area contributed by atoms with Crippen LogP contribution < -0.4 is 15.8 Å². The average molecular weight is 295 g/mol.